The molecule has 3 aromatic heterocycles. The molecule has 1 unspecified atom stereocenters. The summed E-state index contributed by atoms with van der Waals surface area (Å²) >= 11 is 5.04. The molecule has 3 heterocycles. The van der Waals surface area contributed by atoms with Crippen LogP contribution in [0.1, 0.15) is 17.3 Å². The lowest BCUT2D eigenvalue weighted by molar-refractivity contribution is 0.545. The Bertz CT molecular complexity index is 664. The molecule has 0 fully saturated rings. The number of imidazole rings is 1. The van der Waals surface area contributed by atoms with Gasteiger partial charge in [0, 0.05) is 41.1 Å². The number of hydrazine groups is 1. The molecule has 3 N–H and O–H groups in total. The van der Waals surface area contributed by atoms with E-state index in [1.165, 1.54) is 0 Å². The van der Waals surface area contributed by atoms with E-state index in [4.69, 9.17) is 5.84 Å². The average molecular weight is 338 g/mol. The lowest BCUT2D eigenvalue weighted by Crippen LogP contribution is -2.29. The molecular weight excluding hydrogens is 326 g/mol. The maximum atomic E-state index is 5.65. The second-order valence-electron chi connectivity index (χ2n) is 4.18. The van der Waals surface area contributed by atoms with Crippen molar-refractivity contribution in [2.75, 3.05) is 0 Å². The number of aromatic nitrogens is 3. The van der Waals surface area contributed by atoms with Crippen LogP contribution in [0.5, 0.6) is 0 Å². The highest BCUT2D eigenvalue weighted by Crippen LogP contribution is 2.21. The number of rotatable bonds is 4. The highest BCUT2D eigenvalue weighted by atomic mass is 79.9. The minimum Gasteiger partial charge on any atom is -0.297 e. The predicted octanol–water partition coefficient (Wildman–Crippen LogP) is 2.30. The van der Waals surface area contributed by atoms with Crippen LogP contribution in [0.3, 0.4) is 0 Å². The molecule has 1 atom stereocenters. The van der Waals surface area contributed by atoms with Crippen LogP contribution >= 0.6 is 27.3 Å². The van der Waals surface area contributed by atoms with Gasteiger partial charge < -0.3 is 0 Å². The van der Waals surface area contributed by atoms with Gasteiger partial charge in [-0.25, -0.2) is 4.98 Å². The molecule has 19 heavy (non-hydrogen) atoms. The second-order valence-corrected chi connectivity index (χ2v) is 5.97. The Morgan fingerprint density at radius 3 is 3.11 bits per heavy atom. The summed E-state index contributed by atoms with van der Waals surface area (Å²) in [5.74, 6) is 5.65. The van der Waals surface area contributed by atoms with Crippen molar-refractivity contribution in [2.24, 2.45) is 5.84 Å². The first-order valence-corrected chi connectivity index (χ1v) is 7.41. The molecule has 0 aliphatic rings. The highest BCUT2D eigenvalue weighted by Gasteiger charge is 2.14. The Morgan fingerprint density at radius 1 is 1.47 bits per heavy atom. The van der Waals surface area contributed by atoms with Crippen molar-refractivity contribution in [3.05, 3.63) is 52.0 Å². The van der Waals surface area contributed by atoms with Gasteiger partial charge in [0.2, 0.25) is 0 Å². The van der Waals surface area contributed by atoms with Gasteiger partial charge in [-0.15, -0.1) is 11.3 Å². The van der Waals surface area contributed by atoms with Crippen molar-refractivity contribution in [2.45, 2.75) is 12.5 Å². The van der Waals surface area contributed by atoms with Gasteiger partial charge in [-0.2, -0.15) is 0 Å². The molecule has 5 nitrogen and oxygen atoms in total. The number of hydrogen-bond acceptors (Lipinski definition) is 5. The molecule has 3 rings (SSSR count). The SMILES string of the molecule is NNC(Cc1cn2ccsc2n1)c1cncc(Br)c1. The molecule has 0 amide bonds. The molecule has 0 saturated heterocycles. The van der Waals surface area contributed by atoms with Gasteiger partial charge in [0.15, 0.2) is 4.96 Å². The largest absolute Gasteiger partial charge is 0.297 e. The van der Waals surface area contributed by atoms with Crippen molar-refractivity contribution in [3.63, 3.8) is 0 Å². The topological polar surface area (TPSA) is 68.2 Å². The van der Waals surface area contributed by atoms with E-state index in [9.17, 15) is 0 Å². The molecule has 0 spiro atoms. The third-order valence-corrected chi connectivity index (χ3v) is 4.09. The molecular formula is C12H12BrN5S. The number of halogens is 1. The van der Waals surface area contributed by atoms with E-state index in [0.29, 0.717) is 0 Å². The van der Waals surface area contributed by atoms with Crippen LogP contribution in [-0.4, -0.2) is 14.4 Å². The van der Waals surface area contributed by atoms with Crippen molar-refractivity contribution in [3.8, 4) is 0 Å². The van der Waals surface area contributed by atoms with Crippen LogP contribution in [0.15, 0.2) is 40.7 Å². The molecule has 0 aliphatic carbocycles. The molecule has 0 aliphatic heterocycles. The van der Waals surface area contributed by atoms with E-state index in [1.807, 2.05) is 34.4 Å². The maximum absolute atomic E-state index is 5.65. The number of nitrogens with one attached hydrogen (secondary N) is 1. The summed E-state index contributed by atoms with van der Waals surface area (Å²) in [5, 5.41) is 2.02. The van der Waals surface area contributed by atoms with Gasteiger partial charge in [0.05, 0.1) is 11.7 Å². The third-order valence-electron chi connectivity index (χ3n) is 2.89. The number of nitrogens with two attached hydrogens (primary N) is 1. The predicted molar refractivity (Wildman–Crippen MR) is 78.8 cm³/mol. The minimum atomic E-state index is -0.00499. The van der Waals surface area contributed by atoms with E-state index in [-0.39, 0.29) is 6.04 Å². The average Bonchev–Trinajstić information content (AvgIpc) is 2.96. The van der Waals surface area contributed by atoms with Gasteiger partial charge in [-0.05, 0) is 27.6 Å². The normalized spacial score (nSPS) is 12.9. The number of fused-ring (bicyclic) bond motifs is 1. The van der Waals surface area contributed by atoms with Crippen LogP contribution in [0.4, 0.5) is 0 Å². The number of thiazole rings is 1. The summed E-state index contributed by atoms with van der Waals surface area (Å²) in [4.78, 5) is 9.72. The number of hydrogen-bond donors (Lipinski definition) is 2. The summed E-state index contributed by atoms with van der Waals surface area (Å²) < 4.78 is 2.96. The lowest BCUT2D eigenvalue weighted by Gasteiger charge is -2.14. The van der Waals surface area contributed by atoms with Crippen LogP contribution in [-0.2, 0) is 6.42 Å². The highest BCUT2D eigenvalue weighted by molar-refractivity contribution is 9.10. The van der Waals surface area contributed by atoms with Crippen LogP contribution in [0, 0.1) is 0 Å². The van der Waals surface area contributed by atoms with Crippen LogP contribution < -0.4 is 11.3 Å². The Balaban J connectivity index is 1.85. The molecule has 7 heteroatoms. The van der Waals surface area contributed by atoms with Gasteiger partial charge in [0.25, 0.3) is 0 Å². The molecule has 0 radical (unpaired) electrons. The van der Waals surface area contributed by atoms with Crippen molar-refractivity contribution < 1.29 is 0 Å². The zero-order valence-corrected chi connectivity index (χ0v) is 12.4. The summed E-state index contributed by atoms with van der Waals surface area (Å²) in [6.07, 6.45) is 8.32. The fourth-order valence-corrected chi connectivity index (χ4v) is 3.08. The summed E-state index contributed by atoms with van der Waals surface area (Å²) in [6, 6.07) is 2.00. The Morgan fingerprint density at radius 2 is 2.37 bits per heavy atom. The molecule has 0 saturated carbocycles. The van der Waals surface area contributed by atoms with E-state index < -0.39 is 0 Å². The first kappa shape index (κ1) is 12.7. The smallest absolute Gasteiger partial charge is 0.193 e. The quantitative estimate of drug-likeness (QED) is 0.566. The number of nitrogens with zero attached hydrogens (tertiary/aromatic N) is 3. The van der Waals surface area contributed by atoms with Crippen molar-refractivity contribution in [1.82, 2.24) is 19.8 Å². The standard InChI is InChI=1S/C12H12BrN5S/c13-9-3-8(5-15-6-9)11(17-14)4-10-7-18-1-2-19-12(18)16-10/h1-3,5-7,11,17H,4,14H2. The minimum absolute atomic E-state index is 0.00499. The Hall–Kier alpha value is -1.28. The van der Waals surface area contributed by atoms with E-state index in [2.05, 4.69) is 31.3 Å². The van der Waals surface area contributed by atoms with Gasteiger partial charge in [0.1, 0.15) is 0 Å². The van der Waals surface area contributed by atoms with E-state index >= 15 is 0 Å². The third kappa shape index (κ3) is 2.69. The van der Waals surface area contributed by atoms with Crippen molar-refractivity contribution >= 4 is 32.2 Å². The fraction of sp³-hybridized carbons (Fsp3) is 0.167. The molecule has 98 valence electrons. The van der Waals surface area contributed by atoms with Gasteiger partial charge in [-0.1, -0.05) is 0 Å². The van der Waals surface area contributed by atoms with Crippen LogP contribution in [0.25, 0.3) is 4.96 Å². The molecule has 0 bridgehead atoms. The summed E-state index contributed by atoms with van der Waals surface area (Å²) in [6.45, 7) is 0. The van der Waals surface area contributed by atoms with E-state index in [0.717, 1.165) is 27.1 Å². The first-order valence-electron chi connectivity index (χ1n) is 5.74. The summed E-state index contributed by atoms with van der Waals surface area (Å²) in [7, 11) is 0. The Kier molecular flexibility index (Phi) is 3.61. The monoisotopic (exact) mass is 337 g/mol. The van der Waals surface area contributed by atoms with Crippen molar-refractivity contribution in [1.29, 1.82) is 0 Å². The zero-order valence-electron chi connectivity index (χ0n) is 9.95. The molecule has 0 aromatic carbocycles. The van der Waals surface area contributed by atoms with Gasteiger partial charge >= 0.3 is 0 Å². The zero-order chi connectivity index (χ0) is 13.2. The lowest BCUT2D eigenvalue weighted by atomic mass is 10.1. The fourth-order valence-electron chi connectivity index (χ4n) is 1.98. The number of pyridine rings is 1. The molecule has 3 aromatic rings. The Labute approximate surface area is 122 Å². The maximum Gasteiger partial charge on any atom is 0.193 e. The van der Waals surface area contributed by atoms with Gasteiger partial charge in [-0.3, -0.25) is 20.7 Å². The second kappa shape index (κ2) is 5.38. The summed E-state index contributed by atoms with van der Waals surface area (Å²) in [5.41, 5.74) is 4.87. The van der Waals surface area contributed by atoms with E-state index in [1.54, 1.807) is 17.5 Å². The van der Waals surface area contributed by atoms with Crippen LogP contribution in [0.2, 0.25) is 0 Å². The first-order chi connectivity index (χ1) is 9.26.